The van der Waals surface area contributed by atoms with Crippen molar-refractivity contribution in [1.29, 1.82) is 0 Å². The third-order valence-corrected chi connectivity index (χ3v) is 3.84. The Morgan fingerprint density at radius 2 is 1.72 bits per heavy atom. The molecule has 18 heavy (non-hydrogen) atoms. The van der Waals surface area contributed by atoms with Crippen LogP contribution < -0.4 is 11.1 Å². The predicted octanol–water partition coefficient (Wildman–Crippen LogP) is 1.27. The quantitative estimate of drug-likeness (QED) is 0.660. The Morgan fingerprint density at radius 1 is 1.22 bits per heavy atom. The number of nitrogens with one attached hydrogen (secondary N) is 1. The van der Waals surface area contributed by atoms with Crippen molar-refractivity contribution in [2.24, 2.45) is 11.1 Å². The second-order valence-corrected chi connectivity index (χ2v) is 5.84. The fourth-order valence-corrected chi connectivity index (χ4v) is 2.20. The van der Waals surface area contributed by atoms with Gasteiger partial charge in [-0.25, -0.2) is 4.79 Å². The highest BCUT2D eigenvalue weighted by atomic mass is 16.4. The van der Waals surface area contributed by atoms with E-state index in [-0.39, 0.29) is 12.5 Å². The van der Waals surface area contributed by atoms with E-state index in [9.17, 15) is 14.7 Å². The molecule has 0 bridgehead atoms. The molecule has 1 fully saturated rings. The lowest BCUT2D eigenvalue weighted by molar-refractivity contribution is -0.150. The lowest BCUT2D eigenvalue weighted by Crippen LogP contribution is -2.58. The molecular weight excluding hydrogens is 232 g/mol. The standard InChI is InChI=1S/C13H24N2O3/c1-12(2,9-14)10(16)15-13(11(17)18)7-5-3-4-6-8-13/h3-9,14H2,1-2H3,(H,15,16)(H,17,18). The highest BCUT2D eigenvalue weighted by Gasteiger charge is 2.42. The van der Waals surface area contributed by atoms with Crippen LogP contribution in [0.1, 0.15) is 52.4 Å². The fourth-order valence-electron chi connectivity index (χ4n) is 2.20. The van der Waals surface area contributed by atoms with Gasteiger partial charge in [0.1, 0.15) is 5.54 Å². The molecular formula is C13H24N2O3. The van der Waals surface area contributed by atoms with E-state index in [1.165, 1.54) is 0 Å². The minimum absolute atomic E-state index is 0.203. The van der Waals surface area contributed by atoms with Crippen LogP contribution in [0.2, 0.25) is 0 Å². The third kappa shape index (κ3) is 3.22. The van der Waals surface area contributed by atoms with E-state index in [0.717, 1.165) is 25.7 Å². The average molecular weight is 256 g/mol. The van der Waals surface area contributed by atoms with Crippen molar-refractivity contribution in [1.82, 2.24) is 5.32 Å². The average Bonchev–Trinajstić information content (AvgIpc) is 2.55. The zero-order chi connectivity index (χ0) is 13.8. The maximum absolute atomic E-state index is 12.1. The number of rotatable bonds is 4. The van der Waals surface area contributed by atoms with Crippen molar-refractivity contribution in [2.75, 3.05) is 6.54 Å². The summed E-state index contributed by atoms with van der Waals surface area (Å²) in [6, 6.07) is 0. The maximum Gasteiger partial charge on any atom is 0.329 e. The van der Waals surface area contributed by atoms with Crippen LogP contribution in [0.15, 0.2) is 0 Å². The van der Waals surface area contributed by atoms with Crippen LogP contribution in [0.25, 0.3) is 0 Å². The molecule has 0 heterocycles. The van der Waals surface area contributed by atoms with E-state index in [1.807, 2.05) is 0 Å². The van der Waals surface area contributed by atoms with E-state index < -0.39 is 16.9 Å². The van der Waals surface area contributed by atoms with Gasteiger partial charge in [0.05, 0.1) is 5.41 Å². The van der Waals surface area contributed by atoms with Crippen molar-refractivity contribution in [3.63, 3.8) is 0 Å². The maximum atomic E-state index is 12.1. The highest BCUT2D eigenvalue weighted by molar-refractivity contribution is 5.89. The van der Waals surface area contributed by atoms with Crippen LogP contribution >= 0.6 is 0 Å². The fraction of sp³-hybridized carbons (Fsp3) is 0.846. The van der Waals surface area contributed by atoms with E-state index in [4.69, 9.17) is 5.73 Å². The lowest BCUT2D eigenvalue weighted by Gasteiger charge is -2.33. The molecule has 5 heteroatoms. The van der Waals surface area contributed by atoms with Crippen molar-refractivity contribution < 1.29 is 14.7 Å². The Balaban J connectivity index is 2.86. The molecule has 0 spiro atoms. The Hall–Kier alpha value is -1.10. The number of amides is 1. The molecule has 0 atom stereocenters. The van der Waals surface area contributed by atoms with Crippen molar-refractivity contribution in [2.45, 2.75) is 57.9 Å². The third-order valence-electron chi connectivity index (χ3n) is 3.84. The van der Waals surface area contributed by atoms with Gasteiger partial charge < -0.3 is 16.2 Å². The summed E-state index contributed by atoms with van der Waals surface area (Å²) < 4.78 is 0. The molecule has 0 unspecified atom stereocenters. The molecule has 1 aliphatic rings. The molecule has 5 nitrogen and oxygen atoms in total. The van der Waals surface area contributed by atoms with Gasteiger partial charge in [-0.1, -0.05) is 25.7 Å². The molecule has 0 saturated heterocycles. The second kappa shape index (κ2) is 5.69. The second-order valence-electron chi connectivity index (χ2n) is 5.84. The van der Waals surface area contributed by atoms with E-state index in [0.29, 0.717) is 12.8 Å². The smallest absolute Gasteiger partial charge is 0.329 e. The van der Waals surface area contributed by atoms with E-state index in [2.05, 4.69) is 5.32 Å². The van der Waals surface area contributed by atoms with Gasteiger partial charge in [-0.3, -0.25) is 4.79 Å². The van der Waals surface area contributed by atoms with Crippen molar-refractivity contribution >= 4 is 11.9 Å². The lowest BCUT2D eigenvalue weighted by atomic mass is 9.86. The SMILES string of the molecule is CC(C)(CN)C(=O)NC1(C(=O)O)CCCCCC1. The first-order valence-electron chi connectivity index (χ1n) is 6.60. The van der Waals surface area contributed by atoms with E-state index in [1.54, 1.807) is 13.8 Å². The summed E-state index contributed by atoms with van der Waals surface area (Å²) in [5.41, 5.74) is 3.73. The molecule has 1 saturated carbocycles. The molecule has 0 radical (unpaired) electrons. The summed E-state index contributed by atoms with van der Waals surface area (Å²) in [7, 11) is 0. The molecule has 4 N–H and O–H groups in total. The summed E-state index contributed by atoms with van der Waals surface area (Å²) in [6.07, 6.45) is 4.77. The van der Waals surface area contributed by atoms with Crippen LogP contribution in [0.4, 0.5) is 0 Å². The van der Waals surface area contributed by atoms with Gasteiger partial charge in [0.2, 0.25) is 5.91 Å². The van der Waals surface area contributed by atoms with Gasteiger partial charge in [-0.15, -0.1) is 0 Å². The Morgan fingerprint density at radius 3 is 2.11 bits per heavy atom. The summed E-state index contributed by atoms with van der Waals surface area (Å²) in [5, 5.41) is 12.2. The normalized spacial score (nSPS) is 19.9. The Bertz CT molecular complexity index is 318. The molecule has 0 aromatic rings. The first-order valence-corrected chi connectivity index (χ1v) is 6.60. The van der Waals surface area contributed by atoms with Gasteiger partial charge >= 0.3 is 5.97 Å². The number of aliphatic carboxylic acids is 1. The molecule has 104 valence electrons. The number of hydrogen-bond acceptors (Lipinski definition) is 3. The highest BCUT2D eigenvalue weighted by Crippen LogP contribution is 2.29. The number of hydrogen-bond donors (Lipinski definition) is 3. The number of carbonyl (C=O) groups is 2. The largest absolute Gasteiger partial charge is 0.480 e. The number of carboxylic acids is 1. The topological polar surface area (TPSA) is 92.4 Å². The van der Waals surface area contributed by atoms with E-state index >= 15 is 0 Å². The molecule has 0 aromatic carbocycles. The van der Waals surface area contributed by atoms with Crippen molar-refractivity contribution in [3.8, 4) is 0 Å². The first kappa shape index (κ1) is 15.0. The van der Waals surface area contributed by atoms with Crippen LogP contribution in [-0.4, -0.2) is 29.1 Å². The van der Waals surface area contributed by atoms with Gasteiger partial charge in [-0.2, -0.15) is 0 Å². The van der Waals surface area contributed by atoms with Crippen molar-refractivity contribution in [3.05, 3.63) is 0 Å². The number of carboxylic acid groups (broad SMARTS) is 1. The first-order chi connectivity index (χ1) is 8.34. The van der Waals surface area contributed by atoms with Crippen LogP contribution in [0.3, 0.4) is 0 Å². The van der Waals surface area contributed by atoms with Gasteiger partial charge in [0, 0.05) is 6.54 Å². The zero-order valence-electron chi connectivity index (χ0n) is 11.3. The summed E-state index contributed by atoms with van der Waals surface area (Å²) in [6.45, 7) is 3.66. The molecule has 1 rings (SSSR count). The number of nitrogens with two attached hydrogens (primary N) is 1. The summed E-state index contributed by atoms with van der Waals surface area (Å²) in [4.78, 5) is 23.7. The minimum Gasteiger partial charge on any atom is -0.480 e. The molecule has 1 aliphatic carbocycles. The van der Waals surface area contributed by atoms with Crippen LogP contribution in [-0.2, 0) is 9.59 Å². The summed E-state index contributed by atoms with van der Waals surface area (Å²) >= 11 is 0. The van der Waals surface area contributed by atoms with Gasteiger partial charge in [0.15, 0.2) is 0 Å². The van der Waals surface area contributed by atoms with Crippen LogP contribution in [0.5, 0.6) is 0 Å². The monoisotopic (exact) mass is 256 g/mol. The number of carbonyl (C=O) groups excluding carboxylic acids is 1. The molecule has 1 amide bonds. The van der Waals surface area contributed by atoms with Gasteiger partial charge in [-0.05, 0) is 26.7 Å². The Kier molecular flexibility index (Phi) is 4.73. The summed E-state index contributed by atoms with van der Waals surface area (Å²) in [5.74, 6) is -1.19. The Labute approximate surface area is 108 Å². The van der Waals surface area contributed by atoms with Crippen LogP contribution in [0, 0.1) is 5.41 Å². The van der Waals surface area contributed by atoms with Gasteiger partial charge in [0.25, 0.3) is 0 Å². The zero-order valence-corrected chi connectivity index (χ0v) is 11.3. The predicted molar refractivity (Wildman–Crippen MR) is 69.0 cm³/mol. The minimum atomic E-state index is -1.10. The molecule has 0 aromatic heterocycles. The molecule has 0 aliphatic heterocycles.